The van der Waals surface area contributed by atoms with Gasteiger partial charge in [-0.3, -0.25) is 9.36 Å². The molecule has 0 saturated heterocycles. The molecule has 1 atom stereocenters. The van der Waals surface area contributed by atoms with E-state index in [1.54, 1.807) is 23.6 Å². The standard InChI is InChI=1S/C20H24N2O4S2/c1-13(2)22-17-10-9-16(11-19(17)27-20(22)23)28(24,25)21-15(4)12-26-18-8-6-5-7-14(18)3/h5-11,13,15,21H,12H2,1-4H3/t15-/m1/s1. The predicted octanol–water partition coefficient (Wildman–Crippen LogP) is 3.70. The molecule has 2 aromatic carbocycles. The van der Waals surface area contributed by atoms with E-state index in [2.05, 4.69) is 4.72 Å². The highest BCUT2D eigenvalue weighted by atomic mass is 32.2. The van der Waals surface area contributed by atoms with Crippen LogP contribution in [0.1, 0.15) is 32.4 Å². The summed E-state index contributed by atoms with van der Waals surface area (Å²) in [6, 6.07) is 12.0. The second-order valence-electron chi connectivity index (χ2n) is 7.06. The van der Waals surface area contributed by atoms with Crippen molar-refractivity contribution in [3.05, 3.63) is 57.7 Å². The molecule has 0 aliphatic heterocycles. The van der Waals surface area contributed by atoms with Crippen molar-refractivity contribution in [2.45, 2.75) is 44.7 Å². The first kappa shape index (κ1) is 20.6. The van der Waals surface area contributed by atoms with Crippen LogP contribution < -0.4 is 14.3 Å². The zero-order valence-corrected chi connectivity index (χ0v) is 17.9. The van der Waals surface area contributed by atoms with E-state index >= 15 is 0 Å². The molecule has 0 unspecified atom stereocenters. The minimum Gasteiger partial charge on any atom is -0.492 e. The van der Waals surface area contributed by atoms with E-state index in [0.29, 0.717) is 4.70 Å². The molecule has 3 rings (SSSR count). The van der Waals surface area contributed by atoms with Gasteiger partial charge in [-0.05, 0) is 57.5 Å². The summed E-state index contributed by atoms with van der Waals surface area (Å²) in [7, 11) is -3.72. The Morgan fingerprint density at radius 2 is 1.86 bits per heavy atom. The summed E-state index contributed by atoms with van der Waals surface area (Å²) in [5.41, 5.74) is 1.74. The molecule has 0 spiro atoms. The molecule has 0 aliphatic carbocycles. The number of para-hydroxylation sites is 1. The Balaban J connectivity index is 1.77. The third-order valence-electron chi connectivity index (χ3n) is 4.35. The maximum atomic E-state index is 12.7. The number of ether oxygens (including phenoxy) is 1. The molecule has 0 radical (unpaired) electrons. The van der Waals surface area contributed by atoms with Crippen LogP contribution in [0, 0.1) is 6.92 Å². The van der Waals surface area contributed by atoms with Gasteiger partial charge < -0.3 is 4.74 Å². The Labute approximate surface area is 168 Å². The molecule has 0 saturated carbocycles. The summed E-state index contributed by atoms with van der Waals surface area (Å²) in [4.78, 5) is 12.2. The number of hydrogen-bond donors (Lipinski definition) is 1. The molecule has 1 heterocycles. The number of aromatic nitrogens is 1. The lowest BCUT2D eigenvalue weighted by Gasteiger charge is -2.16. The first-order valence-electron chi connectivity index (χ1n) is 9.05. The Kier molecular flexibility index (Phi) is 5.92. The lowest BCUT2D eigenvalue weighted by Crippen LogP contribution is -2.36. The van der Waals surface area contributed by atoms with Crippen LogP contribution in [0.5, 0.6) is 5.75 Å². The van der Waals surface area contributed by atoms with Gasteiger partial charge in [0, 0.05) is 6.04 Å². The molecule has 0 aliphatic rings. The van der Waals surface area contributed by atoms with Crippen LogP contribution in [-0.4, -0.2) is 25.6 Å². The predicted molar refractivity (Wildman–Crippen MR) is 113 cm³/mol. The van der Waals surface area contributed by atoms with E-state index in [9.17, 15) is 13.2 Å². The molecule has 1 N–H and O–H groups in total. The van der Waals surface area contributed by atoms with Gasteiger partial charge in [0.25, 0.3) is 0 Å². The summed E-state index contributed by atoms with van der Waals surface area (Å²) >= 11 is 1.06. The van der Waals surface area contributed by atoms with E-state index in [0.717, 1.165) is 28.2 Å². The SMILES string of the molecule is Cc1ccccc1OC[C@@H](C)NS(=O)(=O)c1ccc2c(c1)sc(=O)n2C(C)C. The highest BCUT2D eigenvalue weighted by Crippen LogP contribution is 2.24. The van der Waals surface area contributed by atoms with Crippen LogP contribution in [0.3, 0.4) is 0 Å². The quantitative estimate of drug-likeness (QED) is 0.632. The van der Waals surface area contributed by atoms with Gasteiger partial charge in [0.1, 0.15) is 12.4 Å². The fourth-order valence-corrected chi connectivity index (χ4v) is 5.35. The van der Waals surface area contributed by atoms with Crippen molar-refractivity contribution in [1.29, 1.82) is 0 Å². The van der Waals surface area contributed by atoms with Crippen molar-refractivity contribution in [3.8, 4) is 5.75 Å². The number of benzene rings is 2. The summed E-state index contributed by atoms with van der Waals surface area (Å²) in [6.45, 7) is 7.76. The van der Waals surface area contributed by atoms with Gasteiger partial charge in [-0.1, -0.05) is 29.5 Å². The Morgan fingerprint density at radius 3 is 2.54 bits per heavy atom. The minimum absolute atomic E-state index is 0.0143. The number of hydrogen-bond acceptors (Lipinski definition) is 5. The fraction of sp³-hybridized carbons (Fsp3) is 0.350. The molecule has 8 heteroatoms. The van der Waals surface area contributed by atoms with Gasteiger partial charge in [0.15, 0.2) is 0 Å². The number of nitrogens with zero attached hydrogens (tertiary/aromatic N) is 1. The van der Waals surface area contributed by atoms with E-state index < -0.39 is 16.1 Å². The highest BCUT2D eigenvalue weighted by molar-refractivity contribution is 7.89. The van der Waals surface area contributed by atoms with Crippen LogP contribution >= 0.6 is 11.3 Å². The smallest absolute Gasteiger partial charge is 0.308 e. The average Bonchev–Trinajstić information content (AvgIpc) is 2.95. The number of rotatable bonds is 7. The third kappa shape index (κ3) is 4.29. The lowest BCUT2D eigenvalue weighted by atomic mass is 10.2. The summed E-state index contributed by atoms with van der Waals surface area (Å²) < 4.78 is 36.2. The van der Waals surface area contributed by atoms with Crippen molar-refractivity contribution >= 4 is 31.6 Å². The van der Waals surface area contributed by atoms with E-state index in [-0.39, 0.29) is 22.4 Å². The van der Waals surface area contributed by atoms with Gasteiger partial charge in [-0.2, -0.15) is 0 Å². The fourth-order valence-electron chi connectivity index (χ4n) is 2.97. The first-order chi connectivity index (χ1) is 13.2. The topological polar surface area (TPSA) is 77.4 Å². The van der Waals surface area contributed by atoms with Gasteiger partial charge >= 0.3 is 4.87 Å². The molecule has 0 fully saturated rings. The van der Waals surface area contributed by atoms with Crippen molar-refractivity contribution in [2.24, 2.45) is 0 Å². The Morgan fingerprint density at radius 1 is 1.14 bits per heavy atom. The van der Waals surface area contributed by atoms with Crippen LogP contribution in [-0.2, 0) is 10.0 Å². The molecule has 0 amide bonds. The molecular weight excluding hydrogens is 396 g/mol. The summed E-state index contributed by atoms with van der Waals surface area (Å²) in [5, 5.41) is 0. The van der Waals surface area contributed by atoms with Crippen LogP contribution in [0.2, 0.25) is 0 Å². The number of nitrogens with one attached hydrogen (secondary N) is 1. The lowest BCUT2D eigenvalue weighted by molar-refractivity contribution is 0.286. The largest absolute Gasteiger partial charge is 0.492 e. The molecule has 28 heavy (non-hydrogen) atoms. The number of sulfonamides is 1. The molecule has 150 valence electrons. The molecule has 0 bridgehead atoms. The van der Waals surface area contributed by atoms with Crippen molar-refractivity contribution in [1.82, 2.24) is 9.29 Å². The third-order valence-corrected chi connectivity index (χ3v) is 6.86. The number of aryl methyl sites for hydroxylation is 1. The number of thiazole rings is 1. The van der Waals surface area contributed by atoms with E-state index in [4.69, 9.17) is 4.74 Å². The van der Waals surface area contributed by atoms with Crippen LogP contribution in [0.4, 0.5) is 0 Å². The average molecular weight is 421 g/mol. The molecular formula is C20H24N2O4S2. The van der Waals surface area contributed by atoms with Crippen LogP contribution in [0.15, 0.2) is 52.2 Å². The number of fused-ring (bicyclic) bond motifs is 1. The van der Waals surface area contributed by atoms with Gasteiger partial charge in [0.2, 0.25) is 10.0 Å². The van der Waals surface area contributed by atoms with Crippen molar-refractivity contribution < 1.29 is 13.2 Å². The Bertz CT molecular complexity index is 1150. The van der Waals surface area contributed by atoms with Gasteiger partial charge in [-0.15, -0.1) is 0 Å². The maximum Gasteiger partial charge on any atom is 0.308 e. The van der Waals surface area contributed by atoms with Crippen molar-refractivity contribution in [2.75, 3.05) is 6.61 Å². The zero-order valence-electron chi connectivity index (χ0n) is 16.3. The van der Waals surface area contributed by atoms with Crippen molar-refractivity contribution in [3.63, 3.8) is 0 Å². The monoisotopic (exact) mass is 420 g/mol. The zero-order chi connectivity index (χ0) is 20.5. The first-order valence-corrected chi connectivity index (χ1v) is 11.3. The molecule has 1 aromatic heterocycles. The minimum atomic E-state index is -3.72. The second kappa shape index (κ2) is 8.06. The Hall–Kier alpha value is -2.16. The summed E-state index contributed by atoms with van der Waals surface area (Å²) in [6.07, 6.45) is 0. The summed E-state index contributed by atoms with van der Waals surface area (Å²) in [5.74, 6) is 0.731. The maximum absolute atomic E-state index is 12.7. The van der Waals surface area contributed by atoms with Gasteiger partial charge in [0.05, 0.1) is 21.2 Å². The highest BCUT2D eigenvalue weighted by Gasteiger charge is 2.20. The molecule has 6 nitrogen and oxygen atoms in total. The van der Waals surface area contributed by atoms with E-state index in [1.807, 2.05) is 45.0 Å². The molecule has 3 aromatic rings. The second-order valence-corrected chi connectivity index (χ2v) is 9.77. The van der Waals surface area contributed by atoms with E-state index in [1.165, 1.54) is 6.07 Å². The van der Waals surface area contributed by atoms with Gasteiger partial charge in [-0.25, -0.2) is 13.1 Å². The van der Waals surface area contributed by atoms with Crippen LogP contribution in [0.25, 0.3) is 10.2 Å². The normalized spacial score (nSPS) is 13.2.